The maximum Gasteiger partial charge on any atom is 0.147 e. The average molecular weight is 394 g/mol. The zero-order valence-electron chi connectivity index (χ0n) is 12.0. The third kappa shape index (κ3) is 6.25. The lowest BCUT2D eigenvalue weighted by Gasteiger charge is -2.15. The van der Waals surface area contributed by atoms with Crippen molar-refractivity contribution >= 4 is 31.9 Å². The second-order valence-corrected chi connectivity index (χ2v) is 6.84. The van der Waals surface area contributed by atoms with Crippen molar-refractivity contribution < 1.29 is 4.74 Å². The van der Waals surface area contributed by atoms with Gasteiger partial charge in [-0.15, -0.1) is 0 Å². The molecule has 1 aromatic rings. The molecule has 0 N–H and O–H groups in total. The lowest BCUT2D eigenvalue weighted by atomic mass is 10.2. The lowest BCUT2D eigenvalue weighted by molar-refractivity contribution is 0.278. The predicted molar refractivity (Wildman–Crippen MR) is 87.9 cm³/mol. The Kier molecular flexibility index (Phi) is 7.36. The van der Waals surface area contributed by atoms with Gasteiger partial charge in [-0.25, -0.2) is 0 Å². The van der Waals surface area contributed by atoms with Gasteiger partial charge in [-0.2, -0.15) is 0 Å². The van der Waals surface area contributed by atoms with Gasteiger partial charge in [-0.3, -0.25) is 0 Å². The van der Waals surface area contributed by atoms with Gasteiger partial charge in [-0.1, -0.05) is 0 Å². The molecule has 0 spiro atoms. The molecule has 0 radical (unpaired) electrons. The summed E-state index contributed by atoms with van der Waals surface area (Å²) in [5, 5.41) is 0. The monoisotopic (exact) mass is 392 g/mol. The van der Waals surface area contributed by atoms with Gasteiger partial charge in [0.1, 0.15) is 5.75 Å². The molecule has 0 aliphatic carbocycles. The molecule has 5 heteroatoms. The summed E-state index contributed by atoms with van der Waals surface area (Å²) in [6.45, 7) is 2.68. The summed E-state index contributed by atoms with van der Waals surface area (Å²) in [6.07, 6.45) is 1.02. The Morgan fingerprint density at radius 3 is 2.05 bits per heavy atom. The maximum atomic E-state index is 5.84. The molecule has 0 bridgehead atoms. The van der Waals surface area contributed by atoms with Crippen molar-refractivity contribution in [3.05, 3.63) is 26.6 Å². The average Bonchev–Trinajstić information content (AvgIpc) is 2.25. The molecular weight excluding hydrogens is 372 g/mol. The highest BCUT2D eigenvalue weighted by molar-refractivity contribution is 9.11. The Balaban J connectivity index is 2.63. The van der Waals surface area contributed by atoms with E-state index in [1.165, 1.54) is 5.56 Å². The summed E-state index contributed by atoms with van der Waals surface area (Å²) in [5.74, 6) is 0.890. The summed E-state index contributed by atoms with van der Waals surface area (Å²) < 4.78 is 7.85. The standard InChI is InChI=1S/C14H22Br2N2O/c1-17(2)6-5-7-19-14-12(15)8-11(9-13(14)16)10-18(3)4/h8-9H,5-7,10H2,1-4H3. The van der Waals surface area contributed by atoms with Crippen molar-refractivity contribution in [1.82, 2.24) is 9.80 Å². The molecule has 0 unspecified atom stereocenters. The molecule has 19 heavy (non-hydrogen) atoms. The number of rotatable bonds is 7. The van der Waals surface area contributed by atoms with Gasteiger partial charge in [0.25, 0.3) is 0 Å². The number of nitrogens with zero attached hydrogens (tertiary/aromatic N) is 2. The largest absolute Gasteiger partial charge is 0.491 e. The van der Waals surface area contributed by atoms with Crippen molar-refractivity contribution in [3.63, 3.8) is 0 Å². The molecule has 3 nitrogen and oxygen atoms in total. The molecule has 0 aliphatic rings. The van der Waals surface area contributed by atoms with Crippen LogP contribution >= 0.6 is 31.9 Å². The van der Waals surface area contributed by atoms with Crippen LogP contribution in [0.15, 0.2) is 21.1 Å². The zero-order chi connectivity index (χ0) is 14.4. The van der Waals surface area contributed by atoms with E-state index in [2.05, 4.69) is 82.0 Å². The highest BCUT2D eigenvalue weighted by Crippen LogP contribution is 2.35. The predicted octanol–water partition coefficient (Wildman–Crippen LogP) is 3.60. The van der Waals surface area contributed by atoms with E-state index in [0.717, 1.165) is 40.8 Å². The fourth-order valence-corrected chi connectivity index (χ4v) is 3.27. The van der Waals surface area contributed by atoms with Crippen molar-refractivity contribution in [2.45, 2.75) is 13.0 Å². The van der Waals surface area contributed by atoms with Gasteiger partial charge in [0, 0.05) is 13.1 Å². The van der Waals surface area contributed by atoms with Crippen molar-refractivity contribution in [2.24, 2.45) is 0 Å². The van der Waals surface area contributed by atoms with Crippen LogP contribution in [0.4, 0.5) is 0 Å². The minimum Gasteiger partial charge on any atom is -0.491 e. The Bertz CT molecular complexity index is 385. The third-order valence-electron chi connectivity index (χ3n) is 2.55. The molecule has 0 aromatic heterocycles. The molecule has 0 atom stereocenters. The van der Waals surface area contributed by atoms with Crippen LogP contribution in [0, 0.1) is 0 Å². The third-order valence-corrected chi connectivity index (χ3v) is 3.73. The Hall–Kier alpha value is -0.100. The Labute approximate surface area is 133 Å². The SMILES string of the molecule is CN(C)CCCOc1c(Br)cc(CN(C)C)cc1Br. The Morgan fingerprint density at radius 1 is 1.00 bits per heavy atom. The van der Waals surface area contributed by atoms with Crippen LogP contribution in [0.25, 0.3) is 0 Å². The van der Waals surface area contributed by atoms with Crippen LogP contribution in [0.2, 0.25) is 0 Å². The second kappa shape index (κ2) is 8.25. The first-order chi connectivity index (χ1) is 8.90. The van der Waals surface area contributed by atoms with Crippen LogP contribution in [0.5, 0.6) is 5.75 Å². The minimum absolute atomic E-state index is 0.725. The van der Waals surface area contributed by atoms with Gasteiger partial charge in [0.2, 0.25) is 0 Å². The van der Waals surface area contributed by atoms with E-state index >= 15 is 0 Å². The van der Waals surface area contributed by atoms with E-state index < -0.39 is 0 Å². The van der Waals surface area contributed by atoms with Crippen LogP contribution in [0.1, 0.15) is 12.0 Å². The van der Waals surface area contributed by atoms with E-state index in [4.69, 9.17) is 4.74 Å². The topological polar surface area (TPSA) is 15.7 Å². The first-order valence-corrected chi connectivity index (χ1v) is 7.89. The molecule has 0 saturated carbocycles. The highest BCUT2D eigenvalue weighted by atomic mass is 79.9. The summed E-state index contributed by atoms with van der Waals surface area (Å²) in [7, 11) is 8.27. The fraction of sp³-hybridized carbons (Fsp3) is 0.571. The number of halogens is 2. The van der Waals surface area contributed by atoms with Gasteiger partial charge < -0.3 is 14.5 Å². The number of hydrogen-bond acceptors (Lipinski definition) is 3. The highest BCUT2D eigenvalue weighted by Gasteiger charge is 2.09. The normalized spacial score (nSPS) is 11.4. The van der Waals surface area contributed by atoms with E-state index in [1.807, 2.05) is 0 Å². The zero-order valence-corrected chi connectivity index (χ0v) is 15.2. The quantitative estimate of drug-likeness (QED) is 0.658. The van der Waals surface area contributed by atoms with Gasteiger partial charge in [0.15, 0.2) is 0 Å². The Morgan fingerprint density at radius 2 is 1.58 bits per heavy atom. The van der Waals surface area contributed by atoms with E-state index in [0.29, 0.717) is 0 Å². The first kappa shape index (κ1) is 17.0. The molecule has 1 rings (SSSR count). The van der Waals surface area contributed by atoms with Crippen LogP contribution in [0.3, 0.4) is 0 Å². The summed E-state index contributed by atoms with van der Waals surface area (Å²) in [6, 6.07) is 4.23. The molecular formula is C14H22Br2N2O. The van der Waals surface area contributed by atoms with Crippen molar-refractivity contribution in [2.75, 3.05) is 41.3 Å². The van der Waals surface area contributed by atoms with Gasteiger partial charge >= 0.3 is 0 Å². The van der Waals surface area contributed by atoms with E-state index in [1.54, 1.807) is 0 Å². The molecule has 1 aromatic carbocycles. The van der Waals surface area contributed by atoms with E-state index in [9.17, 15) is 0 Å². The molecule has 0 amide bonds. The van der Waals surface area contributed by atoms with Gasteiger partial charge in [-0.05, 0) is 84.2 Å². The van der Waals surface area contributed by atoms with Gasteiger partial charge in [0.05, 0.1) is 15.6 Å². The summed E-state index contributed by atoms with van der Waals surface area (Å²) >= 11 is 7.17. The molecule has 0 fully saturated rings. The van der Waals surface area contributed by atoms with Crippen LogP contribution in [-0.2, 0) is 6.54 Å². The van der Waals surface area contributed by atoms with Crippen LogP contribution < -0.4 is 4.74 Å². The van der Waals surface area contributed by atoms with E-state index in [-0.39, 0.29) is 0 Å². The fourth-order valence-electron chi connectivity index (χ4n) is 1.76. The number of ether oxygens (including phenoxy) is 1. The maximum absolute atomic E-state index is 5.84. The smallest absolute Gasteiger partial charge is 0.147 e. The second-order valence-electron chi connectivity index (χ2n) is 5.13. The first-order valence-electron chi connectivity index (χ1n) is 6.30. The van der Waals surface area contributed by atoms with Crippen LogP contribution in [-0.4, -0.2) is 51.1 Å². The molecule has 108 valence electrons. The number of benzene rings is 1. The minimum atomic E-state index is 0.725. The van der Waals surface area contributed by atoms with Crippen molar-refractivity contribution in [3.8, 4) is 5.75 Å². The number of hydrogen-bond donors (Lipinski definition) is 0. The summed E-state index contributed by atoms with van der Waals surface area (Å²) in [5.41, 5.74) is 1.25. The molecule has 0 saturated heterocycles. The summed E-state index contributed by atoms with van der Waals surface area (Å²) in [4.78, 5) is 4.31. The molecule has 0 aliphatic heterocycles. The van der Waals surface area contributed by atoms with Crippen molar-refractivity contribution in [1.29, 1.82) is 0 Å². The molecule has 0 heterocycles. The lowest BCUT2D eigenvalue weighted by Crippen LogP contribution is -2.15.